The van der Waals surface area contributed by atoms with Crippen molar-refractivity contribution in [2.45, 2.75) is 11.4 Å². The number of aromatic nitrogens is 1. The number of methoxy groups -OCH3 is 1. The fraction of sp³-hybridized carbons (Fsp3) is 0.294. The molecule has 0 N–H and O–H groups in total. The number of benzene rings is 1. The summed E-state index contributed by atoms with van der Waals surface area (Å²) in [4.78, 5) is 19.7. The number of carbonyl (C=O) groups is 1. The van der Waals surface area contributed by atoms with Gasteiger partial charge in [-0.3, -0.25) is 9.78 Å². The van der Waals surface area contributed by atoms with Gasteiger partial charge in [-0.25, -0.2) is 0 Å². The standard InChI is InChI=1S/C17H20N2O2S/c1-21-12-11-19(13-14-7-9-18-10-8-14)17(20)15-5-3-4-6-16(15)22-2/h3-10H,11-13H2,1-2H3. The Kier molecular flexibility index (Phi) is 6.43. The lowest BCUT2D eigenvalue weighted by atomic mass is 10.1. The summed E-state index contributed by atoms with van der Waals surface area (Å²) >= 11 is 1.58. The summed E-state index contributed by atoms with van der Waals surface area (Å²) in [6.07, 6.45) is 5.46. The van der Waals surface area contributed by atoms with Gasteiger partial charge in [0.1, 0.15) is 0 Å². The van der Waals surface area contributed by atoms with Gasteiger partial charge in [0, 0.05) is 37.5 Å². The zero-order valence-corrected chi connectivity index (χ0v) is 13.7. The first-order valence-corrected chi connectivity index (χ1v) is 8.29. The molecular weight excluding hydrogens is 296 g/mol. The first-order chi connectivity index (χ1) is 10.8. The summed E-state index contributed by atoms with van der Waals surface area (Å²) in [5.74, 6) is 0.0267. The SMILES string of the molecule is COCCN(Cc1ccncc1)C(=O)c1ccccc1SC. The van der Waals surface area contributed by atoms with Gasteiger partial charge in [0.25, 0.3) is 5.91 Å². The molecule has 1 aromatic carbocycles. The van der Waals surface area contributed by atoms with Gasteiger partial charge < -0.3 is 9.64 Å². The molecule has 116 valence electrons. The predicted octanol–water partition coefficient (Wildman–Crippen LogP) is 3.09. The molecule has 0 fully saturated rings. The second-order valence-electron chi connectivity index (χ2n) is 4.78. The second-order valence-corrected chi connectivity index (χ2v) is 5.62. The van der Waals surface area contributed by atoms with Crippen LogP contribution in [-0.4, -0.2) is 42.3 Å². The molecule has 0 radical (unpaired) electrons. The molecule has 0 aliphatic heterocycles. The third kappa shape index (κ3) is 4.32. The first-order valence-electron chi connectivity index (χ1n) is 7.06. The Morgan fingerprint density at radius 3 is 2.64 bits per heavy atom. The van der Waals surface area contributed by atoms with Crippen LogP contribution in [0.1, 0.15) is 15.9 Å². The van der Waals surface area contributed by atoms with Gasteiger partial charge in [-0.1, -0.05) is 12.1 Å². The van der Waals surface area contributed by atoms with Gasteiger partial charge in [-0.15, -0.1) is 11.8 Å². The maximum atomic E-state index is 12.9. The average Bonchev–Trinajstić information content (AvgIpc) is 2.58. The lowest BCUT2D eigenvalue weighted by Crippen LogP contribution is -2.33. The van der Waals surface area contributed by atoms with E-state index in [-0.39, 0.29) is 5.91 Å². The molecule has 0 spiro atoms. The molecule has 2 rings (SSSR count). The largest absolute Gasteiger partial charge is 0.383 e. The molecule has 22 heavy (non-hydrogen) atoms. The Hall–Kier alpha value is -1.85. The van der Waals surface area contributed by atoms with E-state index in [1.807, 2.05) is 47.6 Å². The van der Waals surface area contributed by atoms with E-state index in [0.717, 1.165) is 16.0 Å². The predicted molar refractivity (Wildman–Crippen MR) is 89.1 cm³/mol. The molecule has 1 aromatic heterocycles. The molecule has 0 unspecified atom stereocenters. The molecule has 0 atom stereocenters. The molecule has 0 bridgehead atoms. The van der Waals surface area contributed by atoms with Crippen molar-refractivity contribution >= 4 is 17.7 Å². The highest BCUT2D eigenvalue weighted by atomic mass is 32.2. The van der Waals surface area contributed by atoms with Crippen LogP contribution in [0.25, 0.3) is 0 Å². The number of hydrogen-bond acceptors (Lipinski definition) is 4. The lowest BCUT2D eigenvalue weighted by molar-refractivity contribution is 0.0677. The van der Waals surface area contributed by atoms with E-state index >= 15 is 0 Å². The minimum absolute atomic E-state index is 0.0267. The molecule has 4 nitrogen and oxygen atoms in total. The van der Waals surface area contributed by atoms with Gasteiger partial charge >= 0.3 is 0 Å². The number of pyridine rings is 1. The van der Waals surface area contributed by atoms with Crippen molar-refractivity contribution in [2.75, 3.05) is 26.5 Å². The van der Waals surface area contributed by atoms with Crippen LogP contribution in [0.3, 0.4) is 0 Å². The highest BCUT2D eigenvalue weighted by molar-refractivity contribution is 7.98. The van der Waals surface area contributed by atoms with Crippen LogP contribution in [-0.2, 0) is 11.3 Å². The lowest BCUT2D eigenvalue weighted by Gasteiger charge is -2.23. The van der Waals surface area contributed by atoms with Gasteiger partial charge in [-0.05, 0) is 36.1 Å². The quantitative estimate of drug-likeness (QED) is 0.736. The van der Waals surface area contributed by atoms with Crippen LogP contribution in [0, 0.1) is 0 Å². The fourth-order valence-corrected chi connectivity index (χ4v) is 2.74. The maximum Gasteiger partial charge on any atom is 0.255 e. The Morgan fingerprint density at radius 1 is 1.23 bits per heavy atom. The van der Waals surface area contributed by atoms with Crippen molar-refractivity contribution in [3.63, 3.8) is 0 Å². The van der Waals surface area contributed by atoms with Crippen molar-refractivity contribution in [3.05, 3.63) is 59.9 Å². The number of amides is 1. The third-order valence-corrected chi connectivity index (χ3v) is 4.11. The fourth-order valence-electron chi connectivity index (χ4n) is 2.15. The van der Waals surface area contributed by atoms with Crippen LogP contribution in [0.4, 0.5) is 0 Å². The van der Waals surface area contributed by atoms with E-state index in [9.17, 15) is 4.79 Å². The summed E-state index contributed by atoms with van der Waals surface area (Å²) in [6.45, 7) is 1.62. The molecule has 5 heteroatoms. The summed E-state index contributed by atoms with van der Waals surface area (Å²) in [6, 6.07) is 11.5. The van der Waals surface area contributed by atoms with E-state index in [2.05, 4.69) is 4.98 Å². The number of rotatable bonds is 7. The Balaban J connectivity index is 2.22. The number of carbonyl (C=O) groups excluding carboxylic acids is 1. The zero-order chi connectivity index (χ0) is 15.8. The summed E-state index contributed by atoms with van der Waals surface area (Å²) in [7, 11) is 1.64. The van der Waals surface area contributed by atoms with Crippen LogP contribution in [0.5, 0.6) is 0 Å². The Bertz CT molecular complexity index is 605. The monoisotopic (exact) mass is 316 g/mol. The van der Waals surface area contributed by atoms with E-state index < -0.39 is 0 Å². The minimum Gasteiger partial charge on any atom is -0.383 e. The van der Waals surface area contributed by atoms with Gasteiger partial charge in [0.05, 0.1) is 12.2 Å². The number of nitrogens with zero attached hydrogens (tertiary/aromatic N) is 2. The van der Waals surface area contributed by atoms with E-state index in [1.165, 1.54) is 0 Å². The number of hydrogen-bond donors (Lipinski definition) is 0. The zero-order valence-electron chi connectivity index (χ0n) is 12.9. The Morgan fingerprint density at radius 2 is 1.95 bits per heavy atom. The molecule has 0 saturated carbocycles. The van der Waals surface area contributed by atoms with Crippen molar-refractivity contribution < 1.29 is 9.53 Å². The smallest absolute Gasteiger partial charge is 0.255 e. The van der Waals surface area contributed by atoms with Gasteiger partial charge in [-0.2, -0.15) is 0 Å². The van der Waals surface area contributed by atoms with E-state index in [0.29, 0.717) is 19.7 Å². The molecule has 0 saturated heterocycles. The van der Waals surface area contributed by atoms with E-state index in [1.54, 1.807) is 31.3 Å². The molecule has 1 heterocycles. The molecule has 2 aromatic rings. The average molecular weight is 316 g/mol. The molecular formula is C17H20N2O2S. The topological polar surface area (TPSA) is 42.4 Å². The maximum absolute atomic E-state index is 12.9. The summed E-state index contributed by atoms with van der Waals surface area (Å²) in [5.41, 5.74) is 1.79. The number of ether oxygens (including phenoxy) is 1. The number of thioether (sulfide) groups is 1. The first kappa shape index (κ1) is 16.5. The molecule has 1 amide bonds. The van der Waals surface area contributed by atoms with Gasteiger partial charge in [0.2, 0.25) is 0 Å². The Labute approximate surface area is 135 Å². The van der Waals surface area contributed by atoms with E-state index in [4.69, 9.17) is 4.74 Å². The van der Waals surface area contributed by atoms with Crippen molar-refractivity contribution in [1.29, 1.82) is 0 Å². The highest BCUT2D eigenvalue weighted by Gasteiger charge is 2.18. The van der Waals surface area contributed by atoms with Crippen LogP contribution >= 0.6 is 11.8 Å². The van der Waals surface area contributed by atoms with Crippen molar-refractivity contribution in [2.24, 2.45) is 0 Å². The van der Waals surface area contributed by atoms with Crippen LogP contribution < -0.4 is 0 Å². The molecule has 0 aliphatic carbocycles. The molecule has 0 aliphatic rings. The summed E-state index contributed by atoms with van der Waals surface area (Å²) < 4.78 is 5.14. The van der Waals surface area contributed by atoms with Crippen LogP contribution in [0.2, 0.25) is 0 Å². The van der Waals surface area contributed by atoms with Gasteiger partial charge in [0.15, 0.2) is 0 Å². The summed E-state index contributed by atoms with van der Waals surface area (Å²) in [5, 5.41) is 0. The normalized spacial score (nSPS) is 10.5. The highest BCUT2D eigenvalue weighted by Crippen LogP contribution is 2.22. The second kappa shape index (κ2) is 8.56. The minimum atomic E-state index is 0.0267. The third-order valence-electron chi connectivity index (χ3n) is 3.31. The van der Waals surface area contributed by atoms with Crippen molar-refractivity contribution in [1.82, 2.24) is 9.88 Å². The van der Waals surface area contributed by atoms with Crippen molar-refractivity contribution in [3.8, 4) is 0 Å². The van der Waals surface area contributed by atoms with Crippen LogP contribution in [0.15, 0.2) is 53.7 Å².